The lowest BCUT2D eigenvalue weighted by Gasteiger charge is -2.20. The number of carboxylic acids is 1. The molecular formula is C13H14N2O5. The molecule has 0 saturated heterocycles. The number of hydrogen-bond donors (Lipinski definition) is 1. The van der Waals surface area contributed by atoms with Crippen LogP contribution in [0.4, 0.5) is 5.69 Å². The number of carbonyl (C=O) groups excluding carboxylic acids is 1. The van der Waals surface area contributed by atoms with E-state index in [9.17, 15) is 19.7 Å². The molecule has 7 nitrogen and oxygen atoms in total. The van der Waals surface area contributed by atoms with Gasteiger partial charge in [0.2, 0.25) is 0 Å². The van der Waals surface area contributed by atoms with Crippen molar-refractivity contribution in [2.45, 2.75) is 25.8 Å². The van der Waals surface area contributed by atoms with Crippen LogP contribution in [0.3, 0.4) is 0 Å². The highest BCUT2D eigenvalue weighted by Crippen LogP contribution is 2.29. The Kier molecular flexibility index (Phi) is 3.69. The molecule has 1 saturated carbocycles. The van der Waals surface area contributed by atoms with Crippen LogP contribution < -0.4 is 0 Å². The number of amides is 1. The van der Waals surface area contributed by atoms with E-state index in [4.69, 9.17) is 5.11 Å². The Morgan fingerprint density at radius 2 is 2.10 bits per heavy atom. The van der Waals surface area contributed by atoms with E-state index >= 15 is 0 Å². The summed E-state index contributed by atoms with van der Waals surface area (Å²) in [5.41, 5.74) is 0.603. The molecule has 1 aromatic carbocycles. The molecule has 20 heavy (non-hydrogen) atoms. The second-order valence-corrected chi connectivity index (χ2v) is 4.82. The lowest BCUT2D eigenvalue weighted by Crippen LogP contribution is -2.37. The third-order valence-corrected chi connectivity index (χ3v) is 3.19. The molecule has 1 fully saturated rings. The summed E-state index contributed by atoms with van der Waals surface area (Å²) in [5.74, 6) is -1.46. The predicted molar refractivity (Wildman–Crippen MR) is 69.5 cm³/mol. The van der Waals surface area contributed by atoms with Crippen molar-refractivity contribution in [3.8, 4) is 0 Å². The molecule has 0 bridgehead atoms. The van der Waals surface area contributed by atoms with Crippen molar-refractivity contribution < 1.29 is 19.6 Å². The van der Waals surface area contributed by atoms with Gasteiger partial charge in [0.05, 0.1) is 4.92 Å². The fraction of sp³-hybridized carbons (Fsp3) is 0.385. The molecule has 0 aliphatic heterocycles. The monoisotopic (exact) mass is 278 g/mol. The van der Waals surface area contributed by atoms with Crippen LogP contribution in [-0.2, 0) is 4.79 Å². The molecule has 7 heteroatoms. The van der Waals surface area contributed by atoms with Crippen LogP contribution in [0.1, 0.15) is 28.8 Å². The number of hydrogen-bond acceptors (Lipinski definition) is 4. The summed E-state index contributed by atoms with van der Waals surface area (Å²) in [7, 11) is 0. The molecule has 1 aliphatic rings. The van der Waals surface area contributed by atoms with E-state index < -0.39 is 16.8 Å². The minimum Gasteiger partial charge on any atom is -0.480 e. The summed E-state index contributed by atoms with van der Waals surface area (Å²) < 4.78 is 0. The Hall–Kier alpha value is -2.44. The fourth-order valence-electron chi connectivity index (χ4n) is 2.06. The van der Waals surface area contributed by atoms with Gasteiger partial charge in [-0.1, -0.05) is 0 Å². The molecule has 0 aromatic heterocycles. The van der Waals surface area contributed by atoms with Gasteiger partial charge in [0.1, 0.15) is 6.54 Å². The number of rotatable bonds is 5. The van der Waals surface area contributed by atoms with E-state index in [-0.39, 0.29) is 23.8 Å². The third-order valence-electron chi connectivity index (χ3n) is 3.19. The minimum atomic E-state index is -1.07. The van der Waals surface area contributed by atoms with E-state index in [1.165, 1.54) is 23.1 Å². The van der Waals surface area contributed by atoms with E-state index in [0.29, 0.717) is 5.56 Å². The topological polar surface area (TPSA) is 101 Å². The van der Waals surface area contributed by atoms with Crippen LogP contribution in [-0.4, -0.2) is 39.4 Å². The number of nitro groups is 1. The second kappa shape index (κ2) is 5.28. The zero-order valence-electron chi connectivity index (χ0n) is 10.9. The maximum Gasteiger partial charge on any atom is 0.323 e. The molecule has 106 valence electrons. The first kappa shape index (κ1) is 14.0. The summed E-state index contributed by atoms with van der Waals surface area (Å²) in [4.78, 5) is 34.6. The van der Waals surface area contributed by atoms with Crippen LogP contribution in [0, 0.1) is 17.0 Å². The summed E-state index contributed by atoms with van der Waals surface area (Å²) in [5, 5.41) is 19.6. The number of nitro benzene ring substituents is 1. The van der Waals surface area contributed by atoms with Crippen molar-refractivity contribution in [1.82, 2.24) is 4.90 Å². The summed E-state index contributed by atoms with van der Waals surface area (Å²) in [6, 6.07) is 4.03. The van der Waals surface area contributed by atoms with Gasteiger partial charge in [-0.3, -0.25) is 19.7 Å². The van der Waals surface area contributed by atoms with Crippen LogP contribution in [0.2, 0.25) is 0 Å². The highest BCUT2D eigenvalue weighted by Gasteiger charge is 2.34. The first-order chi connectivity index (χ1) is 9.40. The van der Waals surface area contributed by atoms with Gasteiger partial charge in [-0.25, -0.2) is 0 Å². The van der Waals surface area contributed by atoms with Gasteiger partial charge in [-0.05, 0) is 31.9 Å². The molecule has 1 amide bonds. The van der Waals surface area contributed by atoms with Crippen molar-refractivity contribution in [1.29, 1.82) is 0 Å². The first-order valence-corrected chi connectivity index (χ1v) is 6.18. The average Bonchev–Trinajstić information content (AvgIpc) is 3.18. The minimum absolute atomic E-state index is 0.0332. The lowest BCUT2D eigenvalue weighted by atomic mass is 10.1. The molecule has 2 rings (SSSR count). The van der Waals surface area contributed by atoms with Crippen molar-refractivity contribution in [3.63, 3.8) is 0 Å². The maximum absolute atomic E-state index is 12.3. The standard InChI is InChI=1S/C13H14N2O5/c1-8-6-9(2-5-11(8)15(19)20)13(18)14(7-12(16)17)10-3-4-10/h2,5-6,10H,3-4,7H2,1H3,(H,16,17). The predicted octanol–water partition coefficient (Wildman–Crippen LogP) is 1.59. The Morgan fingerprint density at radius 3 is 2.55 bits per heavy atom. The Balaban J connectivity index is 2.25. The van der Waals surface area contributed by atoms with Crippen molar-refractivity contribution >= 4 is 17.6 Å². The van der Waals surface area contributed by atoms with Gasteiger partial charge in [0.15, 0.2) is 0 Å². The molecule has 1 aliphatic carbocycles. The first-order valence-electron chi connectivity index (χ1n) is 6.18. The Bertz CT molecular complexity index is 580. The Morgan fingerprint density at radius 1 is 1.45 bits per heavy atom. The van der Waals surface area contributed by atoms with E-state index in [0.717, 1.165) is 12.8 Å². The van der Waals surface area contributed by atoms with Gasteiger partial charge in [0, 0.05) is 23.2 Å². The number of benzene rings is 1. The zero-order chi connectivity index (χ0) is 14.9. The van der Waals surface area contributed by atoms with Crippen LogP contribution >= 0.6 is 0 Å². The Labute approximate surface area is 115 Å². The number of aliphatic carboxylic acids is 1. The van der Waals surface area contributed by atoms with Crippen LogP contribution in [0.25, 0.3) is 0 Å². The van der Waals surface area contributed by atoms with Gasteiger partial charge in [-0.15, -0.1) is 0 Å². The zero-order valence-corrected chi connectivity index (χ0v) is 10.9. The fourth-order valence-corrected chi connectivity index (χ4v) is 2.06. The van der Waals surface area contributed by atoms with E-state index in [1.54, 1.807) is 6.92 Å². The van der Waals surface area contributed by atoms with E-state index in [1.807, 2.05) is 0 Å². The molecular weight excluding hydrogens is 264 g/mol. The highest BCUT2D eigenvalue weighted by atomic mass is 16.6. The molecule has 0 spiro atoms. The quantitative estimate of drug-likeness (QED) is 0.651. The number of carboxylic acid groups (broad SMARTS) is 1. The average molecular weight is 278 g/mol. The van der Waals surface area contributed by atoms with Gasteiger partial charge in [-0.2, -0.15) is 0 Å². The van der Waals surface area contributed by atoms with Crippen molar-refractivity contribution in [2.75, 3.05) is 6.54 Å². The number of nitrogens with zero attached hydrogens (tertiary/aromatic N) is 2. The van der Waals surface area contributed by atoms with Crippen LogP contribution in [0.15, 0.2) is 18.2 Å². The second-order valence-electron chi connectivity index (χ2n) is 4.82. The highest BCUT2D eigenvalue weighted by molar-refractivity contribution is 5.96. The lowest BCUT2D eigenvalue weighted by molar-refractivity contribution is -0.385. The number of carbonyl (C=O) groups is 2. The normalized spacial score (nSPS) is 13.8. The molecule has 1 N–H and O–H groups in total. The smallest absolute Gasteiger partial charge is 0.323 e. The SMILES string of the molecule is Cc1cc(C(=O)N(CC(=O)O)C2CC2)ccc1[N+](=O)[O-]. The third kappa shape index (κ3) is 2.93. The maximum atomic E-state index is 12.3. The van der Waals surface area contributed by atoms with Gasteiger partial charge in [0.25, 0.3) is 11.6 Å². The molecule has 0 heterocycles. The van der Waals surface area contributed by atoms with Crippen LogP contribution in [0.5, 0.6) is 0 Å². The molecule has 1 aromatic rings. The summed E-state index contributed by atoms with van der Waals surface area (Å²) in [6.45, 7) is 1.20. The van der Waals surface area contributed by atoms with Gasteiger partial charge < -0.3 is 10.0 Å². The molecule has 0 atom stereocenters. The summed E-state index contributed by atoms with van der Waals surface area (Å²) in [6.07, 6.45) is 1.59. The van der Waals surface area contributed by atoms with Gasteiger partial charge >= 0.3 is 5.97 Å². The van der Waals surface area contributed by atoms with Crippen molar-refractivity contribution in [2.24, 2.45) is 0 Å². The van der Waals surface area contributed by atoms with E-state index in [2.05, 4.69) is 0 Å². The number of aryl methyl sites for hydroxylation is 1. The molecule has 0 unspecified atom stereocenters. The van der Waals surface area contributed by atoms with Crippen molar-refractivity contribution in [3.05, 3.63) is 39.4 Å². The summed E-state index contributed by atoms with van der Waals surface area (Å²) >= 11 is 0. The largest absolute Gasteiger partial charge is 0.480 e. The molecule has 0 radical (unpaired) electrons.